The van der Waals surface area contributed by atoms with E-state index in [1.165, 1.54) is 96.3 Å². The van der Waals surface area contributed by atoms with E-state index in [9.17, 15) is 43.2 Å². The lowest BCUT2D eigenvalue weighted by Gasteiger charge is -2.21. The van der Waals surface area contributed by atoms with Gasteiger partial charge < -0.3 is 33.8 Å². The number of hydrogen-bond donors (Lipinski definition) is 3. The van der Waals surface area contributed by atoms with E-state index in [-0.39, 0.29) is 25.7 Å². The van der Waals surface area contributed by atoms with E-state index < -0.39 is 97.5 Å². The molecule has 5 atom stereocenters. The molecule has 0 saturated heterocycles. The SMILES string of the molecule is CCCCCCCC(=O)OC[C@H](COP(=O)(O)OC[C@H](O)COP(=O)(O)OC[C@@H](COC(=O)CCCCCCCCCCCCCC(C)C)OC(=O)CCCCCCCCCCCCCC(C)C)OC(=O)CCCCCCC. The Kier molecular flexibility index (Phi) is 50.6. The van der Waals surface area contributed by atoms with Crippen molar-refractivity contribution in [3.63, 3.8) is 0 Å². The Morgan fingerprint density at radius 2 is 0.590 bits per heavy atom. The van der Waals surface area contributed by atoms with Crippen LogP contribution in [-0.4, -0.2) is 96.7 Å². The van der Waals surface area contributed by atoms with Crippen LogP contribution in [0.1, 0.15) is 286 Å². The number of esters is 4. The van der Waals surface area contributed by atoms with Gasteiger partial charge in [-0.3, -0.25) is 37.3 Å². The molecule has 0 aromatic heterocycles. The Balaban J connectivity index is 5.13. The fourth-order valence-electron chi connectivity index (χ4n) is 8.65. The first-order valence-electron chi connectivity index (χ1n) is 31.0. The number of rotatable bonds is 58. The monoisotopic (exact) mass is 1160 g/mol. The van der Waals surface area contributed by atoms with Crippen LogP contribution in [0, 0.1) is 11.8 Å². The third-order valence-electron chi connectivity index (χ3n) is 13.5. The maximum absolute atomic E-state index is 12.9. The smallest absolute Gasteiger partial charge is 0.462 e. The lowest BCUT2D eigenvalue weighted by Crippen LogP contribution is -2.30. The molecule has 0 aliphatic heterocycles. The minimum atomic E-state index is -4.94. The molecule has 2 unspecified atom stereocenters. The number of carbonyl (C=O) groups is 4. The topological polar surface area (TPSA) is 237 Å². The predicted octanol–water partition coefficient (Wildman–Crippen LogP) is 15.7. The predicted molar refractivity (Wildman–Crippen MR) is 308 cm³/mol. The Labute approximate surface area is 473 Å². The summed E-state index contributed by atoms with van der Waals surface area (Å²) < 4.78 is 67.4. The lowest BCUT2D eigenvalue weighted by atomic mass is 10.0. The van der Waals surface area contributed by atoms with Crippen molar-refractivity contribution in [1.82, 2.24) is 0 Å². The molecule has 0 amide bonds. The van der Waals surface area contributed by atoms with Crippen molar-refractivity contribution in [2.24, 2.45) is 11.8 Å². The Morgan fingerprint density at radius 1 is 0.346 bits per heavy atom. The molecule has 0 rings (SSSR count). The summed E-state index contributed by atoms with van der Waals surface area (Å²) in [5, 5.41) is 10.5. The van der Waals surface area contributed by atoms with Crippen molar-refractivity contribution >= 4 is 39.5 Å². The van der Waals surface area contributed by atoms with Gasteiger partial charge in [-0.05, 0) is 37.5 Å². The maximum Gasteiger partial charge on any atom is 0.472 e. The standard InChI is InChI=1S/C59H114O17P2/c1-7-9-11-27-35-41-56(61)69-47-54(75-58(63)43-37-28-12-10-8-2)49-73-77(65,66)71-45-53(60)46-72-78(67,68)74-50-55(76-59(64)44-38-32-26-22-18-14-16-20-24-30-34-40-52(5)6)48-70-57(62)42-36-31-25-21-17-13-15-19-23-29-33-39-51(3)4/h51-55,60H,7-50H2,1-6H3,(H,65,66)(H,67,68)/t53-,54+,55+/m0/s1. The Hall–Kier alpha value is -1.94. The lowest BCUT2D eigenvalue weighted by molar-refractivity contribution is -0.161. The number of ether oxygens (including phenoxy) is 4. The van der Waals surface area contributed by atoms with Gasteiger partial charge in [-0.2, -0.15) is 0 Å². The van der Waals surface area contributed by atoms with Crippen LogP contribution in [0.3, 0.4) is 0 Å². The van der Waals surface area contributed by atoms with Gasteiger partial charge in [0.15, 0.2) is 12.2 Å². The van der Waals surface area contributed by atoms with Gasteiger partial charge in [0.05, 0.1) is 26.4 Å². The fraction of sp³-hybridized carbons (Fsp3) is 0.932. The van der Waals surface area contributed by atoms with Crippen LogP contribution >= 0.6 is 15.6 Å². The average molecular weight is 1160 g/mol. The minimum absolute atomic E-state index is 0.0985. The van der Waals surface area contributed by atoms with Gasteiger partial charge >= 0.3 is 39.5 Å². The average Bonchev–Trinajstić information content (AvgIpc) is 3.39. The summed E-state index contributed by atoms with van der Waals surface area (Å²) in [4.78, 5) is 71.5. The van der Waals surface area contributed by atoms with Gasteiger partial charge in [0.1, 0.15) is 19.3 Å². The molecule has 0 radical (unpaired) electrons. The van der Waals surface area contributed by atoms with E-state index in [1.54, 1.807) is 0 Å². The molecule has 0 aliphatic rings. The normalized spacial score (nSPS) is 14.4. The van der Waals surface area contributed by atoms with Crippen molar-refractivity contribution in [2.45, 2.75) is 304 Å². The molecule has 0 spiro atoms. The van der Waals surface area contributed by atoms with E-state index in [0.717, 1.165) is 108 Å². The van der Waals surface area contributed by atoms with Gasteiger partial charge in [-0.25, -0.2) is 9.13 Å². The largest absolute Gasteiger partial charge is 0.472 e. The molecule has 0 aliphatic carbocycles. The zero-order valence-electron chi connectivity index (χ0n) is 50.0. The molecule has 0 saturated carbocycles. The third-order valence-corrected chi connectivity index (χ3v) is 15.4. The van der Waals surface area contributed by atoms with Crippen molar-refractivity contribution in [3.8, 4) is 0 Å². The molecule has 19 heteroatoms. The van der Waals surface area contributed by atoms with Crippen LogP contribution in [0.15, 0.2) is 0 Å². The number of hydrogen-bond acceptors (Lipinski definition) is 15. The molecule has 0 bridgehead atoms. The third kappa shape index (κ3) is 53.4. The van der Waals surface area contributed by atoms with E-state index in [0.29, 0.717) is 25.7 Å². The van der Waals surface area contributed by atoms with Crippen LogP contribution in [0.25, 0.3) is 0 Å². The maximum atomic E-state index is 12.9. The van der Waals surface area contributed by atoms with E-state index in [2.05, 4.69) is 41.5 Å². The van der Waals surface area contributed by atoms with Gasteiger partial charge in [0, 0.05) is 25.7 Å². The molecule has 462 valence electrons. The van der Waals surface area contributed by atoms with Crippen molar-refractivity contribution in [2.75, 3.05) is 39.6 Å². The second kappa shape index (κ2) is 51.9. The summed E-state index contributed by atoms with van der Waals surface area (Å²) in [5.41, 5.74) is 0. The van der Waals surface area contributed by atoms with E-state index >= 15 is 0 Å². The summed E-state index contributed by atoms with van der Waals surface area (Å²) in [6.07, 6.45) is 32.8. The summed E-state index contributed by atoms with van der Waals surface area (Å²) >= 11 is 0. The highest BCUT2D eigenvalue weighted by molar-refractivity contribution is 7.47. The molecule has 0 fully saturated rings. The van der Waals surface area contributed by atoms with Gasteiger partial charge in [-0.1, -0.05) is 234 Å². The summed E-state index contributed by atoms with van der Waals surface area (Å²) in [6.45, 7) is 9.28. The first kappa shape index (κ1) is 76.1. The highest BCUT2D eigenvalue weighted by Crippen LogP contribution is 2.45. The highest BCUT2D eigenvalue weighted by Gasteiger charge is 2.30. The van der Waals surface area contributed by atoms with E-state index in [1.807, 2.05) is 0 Å². The van der Waals surface area contributed by atoms with Crippen LogP contribution in [0.5, 0.6) is 0 Å². The summed E-state index contributed by atoms with van der Waals surface area (Å²) in [7, 11) is -9.86. The number of carbonyl (C=O) groups excluding carboxylic acids is 4. The van der Waals surface area contributed by atoms with Gasteiger partial charge in [0.2, 0.25) is 0 Å². The number of aliphatic hydroxyl groups is 1. The second-order valence-electron chi connectivity index (χ2n) is 22.3. The van der Waals surface area contributed by atoms with E-state index in [4.69, 9.17) is 37.0 Å². The summed E-state index contributed by atoms with van der Waals surface area (Å²) in [6, 6.07) is 0. The molecule has 3 N–H and O–H groups in total. The molecular formula is C59H114O17P2. The number of phosphoric ester groups is 2. The zero-order valence-corrected chi connectivity index (χ0v) is 51.7. The molecule has 0 aromatic carbocycles. The van der Waals surface area contributed by atoms with Crippen LogP contribution in [0.2, 0.25) is 0 Å². The van der Waals surface area contributed by atoms with Gasteiger partial charge in [0.25, 0.3) is 0 Å². The first-order chi connectivity index (χ1) is 37.4. The Morgan fingerprint density at radius 3 is 0.872 bits per heavy atom. The fourth-order valence-corrected chi connectivity index (χ4v) is 10.2. The molecule has 78 heavy (non-hydrogen) atoms. The van der Waals surface area contributed by atoms with Crippen LogP contribution in [0.4, 0.5) is 0 Å². The number of unbranched alkanes of at least 4 members (excludes halogenated alkanes) is 28. The minimum Gasteiger partial charge on any atom is -0.462 e. The molecule has 17 nitrogen and oxygen atoms in total. The Bertz CT molecular complexity index is 1550. The van der Waals surface area contributed by atoms with Crippen molar-refractivity contribution in [3.05, 3.63) is 0 Å². The first-order valence-corrected chi connectivity index (χ1v) is 34.0. The number of aliphatic hydroxyl groups excluding tert-OH is 1. The summed E-state index contributed by atoms with van der Waals surface area (Å²) in [5.74, 6) is -0.626. The van der Waals surface area contributed by atoms with Crippen molar-refractivity contribution in [1.29, 1.82) is 0 Å². The van der Waals surface area contributed by atoms with Crippen LogP contribution in [-0.2, 0) is 65.4 Å². The zero-order chi connectivity index (χ0) is 58.0. The van der Waals surface area contributed by atoms with Crippen molar-refractivity contribution < 1.29 is 80.2 Å². The highest BCUT2D eigenvalue weighted by atomic mass is 31.2. The second-order valence-corrected chi connectivity index (χ2v) is 25.2. The van der Waals surface area contributed by atoms with Gasteiger partial charge in [-0.15, -0.1) is 0 Å². The molecule has 0 aromatic rings. The molecule has 0 heterocycles. The molecular weight excluding hydrogens is 1040 g/mol. The number of phosphoric acid groups is 2. The quantitative estimate of drug-likeness (QED) is 0.0222. The van der Waals surface area contributed by atoms with Crippen LogP contribution < -0.4 is 0 Å².